The van der Waals surface area contributed by atoms with Gasteiger partial charge in [-0.1, -0.05) is 360 Å². The average Bonchev–Trinajstić information content (AvgIpc) is 3.31. The fourth-order valence-electron chi connectivity index (χ4n) is 10.6. The van der Waals surface area contributed by atoms with Crippen LogP contribution in [0.4, 0.5) is 0 Å². The number of hydrogen-bond acceptors (Lipinski definition) is 0. The van der Waals surface area contributed by atoms with Crippen molar-refractivity contribution in [1.82, 2.24) is 0 Å². The fourth-order valence-corrected chi connectivity index (χ4v) is 10.6. The van der Waals surface area contributed by atoms with Gasteiger partial charge in [-0.3, -0.25) is 0 Å². The zero-order chi connectivity index (χ0) is 45.7. The van der Waals surface area contributed by atoms with Crippen molar-refractivity contribution < 1.29 is 0 Å². The Morgan fingerprint density at radius 1 is 0.172 bits per heavy atom. The molecule has 0 saturated carbocycles. The predicted octanol–water partition coefficient (Wildman–Crippen LogP) is 23.7. The van der Waals surface area contributed by atoms with E-state index < -0.39 is 0 Å². The summed E-state index contributed by atoms with van der Waals surface area (Å²) in [5.74, 6) is 0. The third-order valence-electron chi connectivity index (χ3n) is 15.2. The van der Waals surface area contributed by atoms with Gasteiger partial charge in [0.1, 0.15) is 0 Å². The largest absolute Gasteiger partial charge is 0.0654 e. The van der Waals surface area contributed by atoms with Crippen molar-refractivity contribution >= 4 is 0 Å². The molecule has 0 saturated heterocycles. The molecule has 0 unspecified atom stereocenters. The summed E-state index contributed by atoms with van der Waals surface area (Å²) < 4.78 is 0. The van der Waals surface area contributed by atoms with Gasteiger partial charge in [0, 0.05) is 0 Å². The monoisotopic (exact) mass is 891 g/mol. The summed E-state index contributed by atoms with van der Waals surface area (Å²) >= 11 is 0. The second-order valence-corrected chi connectivity index (χ2v) is 21.7. The molecule has 0 N–H and O–H groups in total. The zero-order valence-electron chi connectivity index (χ0n) is 45.1. The summed E-state index contributed by atoms with van der Waals surface area (Å²) in [5.41, 5.74) is 4.80. The van der Waals surface area contributed by atoms with Crippen LogP contribution in [0.15, 0.2) is 18.2 Å². The molecule has 0 aliphatic heterocycles. The van der Waals surface area contributed by atoms with Gasteiger partial charge in [-0.15, -0.1) is 0 Å². The Hall–Kier alpha value is -0.780. The number of benzene rings is 1. The van der Waals surface area contributed by atoms with Gasteiger partial charge in [-0.25, -0.2) is 0 Å². The maximum Gasteiger partial charge on any atom is -0.0279 e. The lowest BCUT2D eigenvalue weighted by Crippen LogP contribution is -1.95. The molecule has 0 heterocycles. The van der Waals surface area contributed by atoms with E-state index in [-0.39, 0.29) is 0 Å². The Bertz CT molecular complexity index is 916. The Morgan fingerprint density at radius 3 is 0.469 bits per heavy atom. The normalized spacial score (nSPS) is 11.7. The fraction of sp³-hybridized carbons (Fsp3) is 0.906. The van der Waals surface area contributed by atoms with Crippen LogP contribution in [0.25, 0.3) is 0 Å². The van der Waals surface area contributed by atoms with E-state index in [1.165, 1.54) is 353 Å². The molecule has 0 bridgehead atoms. The van der Waals surface area contributed by atoms with Gasteiger partial charge in [0.15, 0.2) is 0 Å². The van der Waals surface area contributed by atoms with E-state index in [4.69, 9.17) is 0 Å². The second kappa shape index (κ2) is 53.2. The smallest absolute Gasteiger partial charge is 0.0279 e. The van der Waals surface area contributed by atoms with Crippen molar-refractivity contribution in [2.75, 3.05) is 0 Å². The van der Waals surface area contributed by atoms with Gasteiger partial charge in [0.2, 0.25) is 0 Å². The summed E-state index contributed by atoms with van der Waals surface area (Å²) in [7, 11) is 0. The molecule has 0 radical (unpaired) electrons. The lowest BCUT2D eigenvalue weighted by atomic mass is 9.96. The molecule has 0 heteroatoms. The minimum Gasteiger partial charge on any atom is -0.0654 e. The van der Waals surface area contributed by atoms with Crippen LogP contribution in [0.3, 0.4) is 0 Å². The lowest BCUT2D eigenvalue weighted by molar-refractivity contribution is 0.515. The first kappa shape index (κ1) is 61.2. The first-order valence-electron chi connectivity index (χ1n) is 30.9. The van der Waals surface area contributed by atoms with E-state index in [9.17, 15) is 0 Å². The van der Waals surface area contributed by atoms with E-state index in [0.29, 0.717) is 0 Å². The van der Waals surface area contributed by atoms with E-state index in [2.05, 4.69) is 39.0 Å². The van der Waals surface area contributed by atoms with E-state index in [0.717, 1.165) is 0 Å². The third-order valence-corrected chi connectivity index (χ3v) is 15.2. The molecular weight excluding hydrogens is 769 g/mol. The Morgan fingerprint density at radius 2 is 0.312 bits per heavy atom. The molecule has 0 spiro atoms. The van der Waals surface area contributed by atoms with Crippen molar-refractivity contribution in [1.29, 1.82) is 0 Å². The highest BCUT2D eigenvalue weighted by Gasteiger charge is 2.04. The summed E-state index contributed by atoms with van der Waals surface area (Å²) in [5, 5.41) is 0. The van der Waals surface area contributed by atoms with Crippen LogP contribution in [0.2, 0.25) is 0 Å². The first-order valence-corrected chi connectivity index (χ1v) is 30.9. The molecule has 0 fully saturated rings. The Kier molecular flexibility index (Phi) is 50.9. The van der Waals surface area contributed by atoms with Crippen LogP contribution in [0.1, 0.15) is 371 Å². The van der Waals surface area contributed by atoms with Gasteiger partial charge >= 0.3 is 0 Å². The molecule has 0 aliphatic rings. The summed E-state index contributed by atoms with van der Waals surface area (Å²) in [6.07, 6.45) is 80.1. The van der Waals surface area contributed by atoms with Crippen LogP contribution in [0.5, 0.6) is 0 Å². The SMILES string of the molecule is CCCCCCCCCCCCCCCCCCCCCCCCCCCCc1cc(CC)cc(CCCCCCCCCCCCCCCCCCCCCCCCCCCC)c1. The number of aryl methyl sites for hydroxylation is 3. The quantitative estimate of drug-likeness (QED) is 0.0572. The van der Waals surface area contributed by atoms with Crippen LogP contribution in [0, 0.1) is 0 Å². The van der Waals surface area contributed by atoms with Crippen molar-refractivity contribution in [3.63, 3.8) is 0 Å². The standard InChI is InChI=1S/C64H122/c1-4-7-9-11-13-15-17-19-21-23-25-27-29-31-33-35-37-39-41-43-45-47-49-51-53-55-57-63-59-62(6-3)60-64(61-63)58-56-54-52-50-48-46-44-42-40-38-36-34-32-30-28-26-24-22-20-18-16-14-12-10-8-5-2/h59-61H,4-58H2,1-3H3. The van der Waals surface area contributed by atoms with Crippen LogP contribution in [-0.2, 0) is 19.3 Å². The molecule has 0 aliphatic carbocycles. The first-order chi connectivity index (χ1) is 31.8. The summed E-state index contributed by atoms with van der Waals surface area (Å²) in [4.78, 5) is 0. The highest BCUT2D eigenvalue weighted by molar-refractivity contribution is 5.30. The average molecular weight is 892 g/mol. The minimum atomic E-state index is 1.18. The van der Waals surface area contributed by atoms with E-state index in [1.54, 1.807) is 16.7 Å². The van der Waals surface area contributed by atoms with E-state index >= 15 is 0 Å². The van der Waals surface area contributed by atoms with Gasteiger partial charge < -0.3 is 0 Å². The molecular formula is C64H122. The molecule has 0 amide bonds. The van der Waals surface area contributed by atoms with Crippen molar-refractivity contribution in [3.8, 4) is 0 Å². The van der Waals surface area contributed by atoms with Crippen LogP contribution < -0.4 is 0 Å². The van der Waals surface area contributed by atoms with Gasteiger partial charge in [0.25, 0.3) is 0 Å². The lowest BCUT2D eigenvalue weighted by Gasteiger charge is -2.10. The molecule has 1 rings (SSSR count). The molecule has 0 atom stereocenters. The molecule has 378 valence electrons. The van der Waals surface area contributed by atoms with Gasteiger partial charge in [-0.05, 0) is 48.8 Å². The maximum absolute atomic E-state index is 2.57. The summed E-state index contributed by atoms with van der Waals surface area (Å²) in [6.45, 7) is 6.97. The highest BCUT2D eigenvalue weighted by atomic mass is 14.1. The van der Waals surface area contributed by atoms with Crippen LogP contribution >= 0.6 is 0 Å². The Balaban J connectivity index is 1.83. The molecule has 1 aromatic carbocycles. The second-order valence-electron chi connectivity index (χ2n) is 21.7. The number of hydrogen-bond donors (Lipinski definition) is 0. The third kappa shape index (κ3) is 46.3. The number of unbranched alkanes of at least 4 members (excludes halogenated alkanes) is 50. The summed E-state index contributed by atoms with van der Waals surface area (Å²) in [6, 6.07) is 7.61. The molecule has 1 aromatic rings. The molecule has 0 nitrogen and oxygen atoms in total. The molecule has 0 aromatic heterocycles. The van der Waals surface area contributed by atoms with Gasteiger partial charge in [-0.2, -0.15) is 0 Å². The predicted molar refractivity (Wildman–Crippen MR) is 295 cm³/mol. The topological polar surface area (TPSA) is 0 Å². The van der Waals surface area contributed by atoms with Gasteiger partial charge in [0.05, 0.1) is 0 Å². The highest BCUT2D eigenvalue weighted by Crippen LogP contribution is 2.21. The zero-order valence-corrected chi connectivity index (χ0v) is 45.1. The van der Waals surface area contributed by atoms with Crippen molar-refractivity contribution in [2.45, 2.75) is 374 Å². The molecule has 64 heavy (non-hydrogen) atoms. The van der Waals surface area contributed by atoms with Crippen LogP contribution in [-0.4, -0.2) is 0 Å². The van der Waals surface area contributed by atoms with Crippen molar-refractivity contribution in [3.05, 3.63) is 34.9 Å². The number of rotatable bonds is 55. The minimum absolute atomic E-state index is 1.18. The maximum atomic E-state index is 2.57. The Labute approximate surface area is 407 Å². The van der Waals surface area contributed by atoms with Crippen molar-refractivity contribution in [2.24, 2.45) is 0 Å². The van der Waals surface area contributed by atoms with E-state index in [1.807, 2.05) is 0 Å².